The van der Waals surface area contributed by atoms with Crippen molar-refractivity contribution in [2.45, 2.75) is 25.6 Å². The van der Waals surface area contributed by atoms with Crippen LogP contribution >= 0.6 is 0 Å². The SMILES string of the molecule is C[C@H]([NH2+]Cc1ccc([N+](=O)[O-])cc1)[C@H]1COc2ccccc2O1. The molecule has 1 heterocycles. The van der Waals surface area contributed by atoms with Gasteiger partial charge in [0.15, 0.2) is 17.6 Å². The largest absolute Gasteiger partial charge is 0.486 e. The predicted octanol–water partition coefficient (Wildman–Crippen LogP) is 1.89. The summed E-state index contributed by atoms with van der Waals surface area (Å²) in [5.41, 5.74) is 1.15. The monoisotopic (exact) mass is 315 g/mol. The second-order valence-corrected chi connectivity index (χ2v) is 5.64. The zero-order valence-corrected chi connectivity index (χ0v) is 12.8. The Labute approximate surface area is 134 Å². The average molecular weight is 315 g/mol. The van der Waals surface area contributed by atoms with Crippen molar-refractivity contribution in [2.75, 3.05) is 6.61 Å². The summed E-state index contributed by atoms with van der Waals surface area (Å²) in [5.74, 6) is 1.56. The number of nitrogens with zero attached hydrogens (tertiary/aromatic N) is 1. The maximum atomic E-state index is 10.7. The number of rotatable bonds is 5. The van der Waals surface area contributed by atoms with Crippen LogP contribution in [0.25, 0.3) is 0 Å². The molecule has 0 fully saturated rings. The molecule has 2 aromatic carbocycles. The van der Waals surface area contributed by atoms with E-state index in [0.717, 1.165) is 23.6 Å². The number of benzene rings is 2. The third-order valence-corrected chi connectivity index (χ3v) is 3.99. The van der Waals surface area contributed by atoms with Crippen LogP contribution in [0.2, 0.25) is 0 Å². The van der Waals surface area contributed by atoms with Crippen molar-refractivity contribution < 1.29 is 19.7 Å². The van der Waals surface area contributed by atoms with E-state index in [-0.39, 0.29) is 22.8 Å². The lowest BCUT2D eigenvalue weighted by Crippen LogP contribution is -2.91. The molecule has 0 saturated heterocycles. The molecule has 1 aliphatic rings. The lowest BCUT2D eigenvalue weighted by Gasteiger charge is -2.29. The van der Waals surface area contributed by atoms with E-state index in [0.29, 0.717) is 6.61 Å². The fourth-order valence-corrected chi connectivity index (χ4v) is 2.52. The van der Waals surface area contributed by atoms with E-state index in [4.69, 9.17) is 9.47 Å². The van der Waals surface area contributed by atoms with Crippen molar-refractivity contribution in [3.05, 3.63) is 64.2 Å². The van der Waals surface area contributed by atoms with Gasteiger partial charge in [0.25, 0.3) is 5.69 Å². The molecular weight excluding hydrogens is 296 g/mol. The van der Waals surface area contributed by atoms with Gasteiger partial charge >= 0.3 is 0 Å². The maximum absolute atomic E-state index is 10.7. The van der Waals surface area contributed by atoms with Crippen LogP contribution in [0.5, 0.6) is 11.5 Å². The van der Waals surface area contributed by atoms with Crippen molar-refractivity contribution in [3.63, 3.8) is 0 Å². The smallest absolute Gasteiger partial charge is 0.269 e. The molecule has 23 heavy (non-hydrogen) atoms. The molecule has 3 rings (SSSR count). The summed E-state index contributed by atoms with van der Waals surface area (Å²) in [4.78, 5) is 10.3. The average Bonchev–Trinajstić information content (AvgIpc) is 2.59. The first-order valence-corrected chi connectivity index (χ1v) is 7.58. The normalized spacial score (nSPS) is 17.5. The van der Waals surface area contributed by atoms with Crippen LogP contribution in [-0.2, 0) is 6.54 Å². The molecule has 0 aliphatic carbocycles. The van der Waals surface area contributed by atoms with Crippen molar-refractivity contribution >= 4 is 5.69 Å². The molecule has 2 N–H and O–H groups in total. The molecule has 2 atom stereocenters. The molecule has 6 heteroatoms. The van der Waals surface area contributed by atoms with E-state index in [1.54, 1.807) is 12.1 Å². The number of nitro groups is 1. The lowest BCUT2D eigenvalue weighted by molar-refractivity contribution is -0.707. The number of nitrogens with two attached hydrogens (primary N) is 1. The minimum Gasteiger partial charge on any atom is -0.486 e. The Bertz CT molecular complexity index is 687. The van der Waals surface area contributed by atoms with Gasteiger partial charge in [-0.05, 0) is 31.2 Å². The van der Waals surface area contributed by atoms with Crippen LogP contribution in [0, 0.1) is 10.1 Å². The van der Waals surface area contributed by atoms with Crippen molar-refractivity contribution in [1.29, 1.82) is 0 Å². The van der Waals surface area contributed by atoms with Crippen molar-refractivity contribution in [2.24, 2.45) is 0 Å². The molecule has 0 aromatic heterocycles. The van der Waals surface area contributed by atoms with Crippen LogP contribution < -0.4 is 14.8 Å². The fourth-order valence-electron chi connectivity index (χ4n) is 2.52. The molecule has 0 unspecified atom stereocenters. The zero-order valence-electron chi connectivity index (χ0n) is 12.8. The predicted molar refractivity (Wildman–Crippen MR) is 84.5 cm³/mol. The topological polar surface area (TPSA) is 78.2 Å². The summed E-state index contributed by atoms with van der Waals surface area (Å²) in [6.07, 6.45) is -0.0250. The number of nitro benzene ring substituents is 1. The molecule has 0 amide bonds. The number of para-hydroxylation sites is 2. The maximum Gasteiger partial charge on any atom is 0.269 e. The lowest BCUT2D eigenvalue weighted by atomic mass is 10.1. The minimum absolute atomic E-state index is 0.0250. The molecule has 0 spiro atoms. The van der Waals surface area contributed by atoms with Gasteiger partial charge in [0, 0.05) is 17.7 Å². The second kappa shape index (κ2) is 6.66. The Morgan fingerprint density at radius 1 is 1.22 bits per heavy atom. The highest BCUT2D eigenvalue weighted by Gasteiger charge is 2.28. The first-order valence-electron chi connectivity index (χ1n) is 7.58. The fraction of sp³-hybridized carbons (Fsp3) is 0.294. The highest BCUT2D eigenvalue weighted by molar-refractivity contribution is 5.40. The first kappa shape index (κ1) is 15.3. The van der Waals surface area contributed by atoms with Gasteiger partial charge in [-0.1, -0.05) is 12.1 Å². The van der Waals surface area contributed by atoms with E-state index < -0.39 is 0 Å². The van der Waals surface area contributed by atoms with Gasteiger partial charge in [-0.2, -0.15) is 0 Å². The van der Waals surface area contributed by atoms with E-state index in [2.05, 4.69) is 12.2 Å². The van der Waals surface area contributed by atoms with Gasteiger partial charge in [-0.25, -0.2) is 0 Å². The number of hydrogen-bond donors (Lipinski definition) is 1. The zero-order chi connectivity index (χ0) is 16.2. The van der Waals surface area contributed by atoms with Crippen LogP contribution in [0.3, 0.4) is 0 Å². The Morgan fingerprint density at radius 3 is 2.61 bits per heavy atom. The van der Waals surface area contributed by atoms with E-state index in [1.165, 1.54) is 12.1 Å². The molecule has 0 bridgehead atoms. The summed E-state index contributed by atoms with van der Waals surface area (Å²) in [7, 11) is 0. The van der Waals surface area contributed by atoms with Gasteiger partial charge in [-0.3, -0.25) is 10.1 Å². The quantitative estimate of drug-likeness (QED) is 0.675. The van der Waals surface area contributed by atoms with E-state index >= 15 is 0 Å². The van der Waals surface area contributed by atoms with Crippen molar-refractivity contribution in [3.8, 4) is 11.5 Å². The number of fused-ring (bicyclic) bond motifs is 1. The molecule has 120 valence electrons. The third kappa shape index (κ3) is 3.60. The van der Waals surface area contributed by atoms with Crippen molar-refractivity contribution in [1.82, 2.24) is 0 Å². The second-order valence-electron chi connectivity index (χ2n) is 5.64. The van der Waals surface area contributed by atoms with Gasteiger partial charge in [0.1, 0.15) is 19.2 Å². The highest BCUT2D eigenvalue weighted by atomic mass is 16.6. The first-order chi connectivity index (χ1) is 11.1. The molecule has 1 aliphatic heterocycles. The Hall–Kier alpha value is -2.60. The molecular formula is C17H19N2O4+. The standard InChI is InChI=1S/C17H18N2O4/c1-12(17-11-22-15-4-2-3-5-16(15)23-17)18-10-13-6-8-14(9-7-13)19(20)21/h2-9,12,17-18H,10-11H2,1H3/p+1/t12-,17+/m0/s1. The number of non-ortho nitro benzene ring substituents is 1. The van der Waals surface area contributed by atoms with Crippen LogP contribution in [-0.4, -0.2) is 23.7 Å². The number of hydrogen-bond acceptors (Lipinski definition) is 4. The van der Waals surface area contributed by atoms with Crippen LogP contribution in [0.1, 0.15) is 12.5 Å². The van der Waals surface area contributed by atoms with E-state index in [1.807, 2.05) is 24.3 Å². The summed E-state index contributed by atoms with van der Waals surface area (Å²) < 4.78 is 11.7. The number of ether oxygens (including phenoxy) is 2. The van der Waals surface area contributed by atoms with Gasteiger partial charge in [0.05, 0.1) is 4.92 Å². The van der Waals surface area contributed by atoms with Crippen LogP contribution in [0.15, 0.2) is 48.5 Å². The van der Waals surface area contributed by atoms with Gasteiger partial charge in [0.2, 0.25) is 0 Å². The third-order valence-electron chi connectivity index (χ3n) is 3.99. The highest BCUT2D eigenvalue weighted by Crippen LogP contribution is 2.31. The Balaban J connectivity index is 1.55. The minimum atomic E-state index is -0.388. The Morgan fingerprint density at radius 2 is 1.91 bits per heavy atom. The molecule has 2 aromatic rings. The molecule has 6 nitrogen and oxygen atoms in total. The van der Waals surface area contributed by atoms with Gasteiger partial charge < -0.3 is 14.8 Å². The van der Waals surface area contributed by atoms with E-state index in [9.17, 15) is 10.1 Å². The molecule has 0 saturated carbocycles. The number of quaternary nitrogens is 1. The van der Waals surface area contributed by atoms with Crippen LogP contribution in [0.4, 0.5) is 5.69 Å². The summed E-state index contributed by atoms with van der Waals surface area (Å²) in [6.45, 7) is 3.35. The summed E-state index contributed by atoms with van der Waals surface area (Å²) in [6, 6.07) is 14.5. The van der Waals surface area contributed by atoms with Gasteiger partial charge in [-0.15, -0.1) is 0 Å². The summed E-state index contributed by atoms with van der Waals surface area (Å²) >= 11 is 0. The molecule has 0 radical (unpaired) electrons. The Kier molecular flexibility index (Phi) is 4.43. The summed E-state index contributed by atoms with van der Waals surface area (Å²) in [5, 5.41) is 12.8.